The van der Waals surface area contributed by atoms with Crippen LogP contribution in [0.4, 0.5) is 0 Å². The summed E-state index contributed by atoms with van der Waals surface area (Å²) in [4.78, 5) is 0. The summed E-state index contributed by atoms with van der Waals surface area (Å²) in [6.07, 6.45) is 30.8. The van der Waals surface area contributed by atoms with Gasteiger partial charge in [-0.2, -0.15) is 0 Å². The molecule has 0 radical (unpaired) electrons. The van der Waals surface area contributed by atoms with E-state index in [2.05, 4.69) is 32.7 Å². The van der Waals surface area contributed by atoms with Gasteiger partial charge in [0.05, 0.1) is 0 Å². The van der Waals surface area contributed by atoms with Crippen LogP contribution in [0.25, 0.3) is 0 Å². The molecule has 45 heavy (non-hydrogen) atoms. The minimum absolute atomic E-state index is 0. The molecule has 5 saturated carbocycles. The van der Waals surface area contributed by atoms with Crippen molar-refractivity contribution in [1.29, 1.82) is 0 Å². The van der Waals surface area contributed by atoms with Crippen LogP contribution < -0.4 is 0 Å². The lowest BCUT2D eigenvalue weighted by Crippen LogP contribution is -2.11. The summed E-state index contributed by atoms with van der Waals surface area (Å²) in [7, 11) is 1.94. The second-order valence-electron chi connectivity index (χ2n) is 14.7. The van der Waals surface area contributed by atoms with Crippen LogP contribution in [-0.2, 0) is 0 Å². The molecule has 5 aliphatic rings. The van der Waals surface area contributed by atoms with Crippen LogP contribution in [0.2, 0.25) is 63.0 Å². The zero-order chi connectivity index (χ0) is 29.1. The molecule has 0 nitrogen and oxygen atoms in total. The highest BCUT2D eigenvalue weighted by Gasteiger charge is 2.19. The lowest BCUT2D eigenvalue weighted by molar-refractivity contribution is 0.346. The topological polar surface area (TPSA) is 0 Å². The molecule has 5 aliphatic carbocycles. The van der Waals surface area contributed by atoms with Gasteiger partial charge in [0.1, 0.15) is 0 Å². The third kappa shape index (κ3) is 34.7. The average molecular weight is 722 g/mol. The number of rotatable bonds is 10. The van der Waals surface area contributed by atoms with Crippen LogP contribution in [0.3, 0.4) is 0 Å². The summed E-state index contributed by atoms with van der Waals surface area (Å²) in [6, 6.07) is 8.12. The summed E-state index contributed by atoms with van der Waals surface area (Å²) in [6.45, 7) is 12.1. The van der Waals surface area contributed by atoms with E-state index in [1.807, 2.05) is 0 Å². The van der Waals surface area contributed by atoms with Crippen LogP contribution in [0.15, 0.2) is 0 Å². The maximum atomic E-state index is 2.45. The lowest BCUT2D eigenvalue weighted by atomic mass is 9.87. The van der Waals surface area contributed by atoms with E-state index in [9.17, 15) is 0 Å². The van der Waals surface area contributed by atoms with Crippen molar-refractivity contribution in [3.8, 4) is 0 Å². The van der Waals surface area contributed by atoms with Crippen LogP contribution >= 0.6 is 0 Å². The molecule has 5 heteroatoms. The maximum Gasteiger partial charge on any atom is 0.0169 e. The van der Waals surface area contributed by atoms with Crippen molar-refractivity contribution in [3.05, 3.63) is 0 Å². The predicted molar refractivity (Wildman–Crippen MR) is 240 cm³/mol. The molecule has 0 aliphatic heterocycles. The third-order valence-corrected chi connectivity index (χ3v) is 17.5. The van der Waals surface area contributed by atoms with Gasteiger partial charge in [-0.25, -0.2) is 0 Å². The SMILES string of the molecule is C.C.C.C.C.C[SiH2]CC1CC1.C[SiH2]CC1CCC1.C[SiH2]CC1CCCC1.C[SiH2]CC1CCCCC1.C[SiH2]CC1CCCCCC1. The summed E-state index contributed by atoms with van der Waals surface area (Å²) >= 11 is 0. The highest BCUT2D eigenvalue weighted by molar-refractivity contribution is 6.34. The fraction of sp³-hybridized carbons (Fsp3) is 1.00. The van der Waals surface area contributed by atoms with E-state index < -0.39 is 0 Å². The van der Waals surface area contributed by atoms with Crippen molar-refractivity contribution in [3.63, 3.8) is 0 Å². The predicted octanol–water partition coefficient (Wildman–Crippen LogP) is 12.2. The fourth-order valence-corrected chi connectivity index (χ4v) is 14.6. The van der Waals surface area contributed by atoms with Crippen LogP contribution in [-0.4, -0.2) is 47.6 Å². The molecule has 0 aromatic rings. The van der Waals surface area contributed by atoms with E-state index in [1.54, 1.807) is 94.4 Å². The maximum absolute atomic E-state index is 2.45. The third-order valence-electron chi connectivity index (χ3n) is 10.6. The van der Waals surface area contributed by atoms with Gasteiger partial charge >= 0.3 is 0 Å². The first-order valence-corrected chi connectivity index (χ1v) is 31.7. The molecule has 280 valence electrons. The smallest absolute Gasteiger partial charge is 0.0169 e. The Balaban J connectivity index is -0.000000145. The Hall–Kier alpha value is 1.08. The van der Waals surface area contributed by atoms with Crippen molar-refractivity contribution >= 4 is 47.6 Å². The highest BCUT2D eigenvalue weighted by atomic mass is 28.2. The first-order valence-electron chi connectivity index (χ1n) is 19.7. The van der Waals surface area contributed by atoms with E-state index >= 15 is 0 Å². The zero-order valence-corrected chi connectivity index (χ0v) is 36.2. The second-order valence-corrected chi connectivity index (χ2v) is 22.6. The highest BCUT2D eigenvalue weighted by Crippen LogP contribution is 2.32. The minimum Gasteiger partial charge on any atom is -0.0776 e. The Kier molecular flexibility index (Phi) is 50.9. The van der Waals surface area contributed by atoms with Gasteiger partial charge in [-0.05, 0) is 29.6 Å². The monoisotopic (exact) mass is 721 g/mol. The summed E-state index contributed by atoms with van der Waals surface area (Å²) in [5.41, 5.74) is 0. The molecule has 5 rings (SSSR count). The van der Waals surface area contributed by atoms with Crippen molar-refractivity contribution < 1.29 is 0 Å². The first kappa shape index (κ1) is 55.5. The summed E-state index contributed by atoms with van der Waals surface area (Å²) in [5.74, 6) is 5.89. The van der Waals surface area contributed by atoms with E-state index in [0.717, 1.165) is 11.8 Å². The molecule has 0 amide bonds. The van der Waals surface area contributed by atoms with Gasteiger partial charge in [0.25, 0.3) is 0 Å². The van der Waals surface area contributed by atoms with Crippen molar-refractivity contribution in [1.82, 2.24) is 0 Å². The molecule has 0 N–H and O–H groups in total. The molecular weight excluding hydrogens is 621 g/mol. The minimum atomic E-state index is 0. The first-order chi connectivity index (χ1) is 19.7. The quantitative estimate of drug-likeness (QED) is 0.156. The van der Waals surface area contributed by atoms with E-state index in [4.69, 9.17) is 0 Å². The molecular formula is C40H100Si5. The molecule has 5 fully saturated rings. The van der Waals surface area contributed by atoms with Gasteiger partial charge in [0.2, 0.25) is 0 Å². The standard InChI is InChI=1S/C9H20Si.C8H18Si.C7H16Si.C6H14Si.C5H12Si.5CH4/c1-10-8-9-6-4-2-3-5-7-9;1-9-7-8-5-3-2-4-6-8;1-8-6-7-4-2-3-5-7;1-7-5-6-3-2-4-6;1-6-4-5-2-3-5;;;;;/h9H,2-8,10H2,1H3;8H,2-7,9H2,1H3;7H,2-6,8H2,1H3;6H,2-5,7H2,1H3;5H,2-4,6H2,1H3;5*1H4. The average Bonchev–Trinajstić information content (AvgIpc) is 3.69. The van der Waals surface area contributed by atoms with Crippen molar-refractivity contribution in [2.24, 2.45) is 29.6 Å². The van der Waals surface area contributed by atoms with Gasteiger partial charge in [0, 0.05) is 47.6 Å². The Bertz CT molecular complexity index is 486. The lowest BCUT2D eigenvalue weighted by Gasteiger charge is -2.24. The Morgan fingerprint density at radius 1 is 0.267 bits per heavy atom. The molecule has 0 bridgehead atoms. The van der Waals surface area contributed by atoms with Gasteiger partial charge in [0.15, 0.2) is 0 Å². The zero-order valence-electron chi connectivity index (χ0n) is 29.1. The molecule has 0 saturated heterocycles. The summed E-state index contributed by atoms with van der Waals surface area (Å²) < 4.78 is 0. The summed E-state index contributed by atoms with van der Waals surface area (Å²) in [5, 5.41) is 0. The number of hydrogen-bond acceptors (Lipinski definition) is 0. The Morgan fingerprint density at radius 3 is 0.600 bits per heavy atom. The van der Waals surface area contributed by atoms with Crippen LogP contribution in [0.1, 0.15) is 166 Å². The van der Waals surface area contributed by atoms with Crippen LogP contribution in [0.5, 0.6) is 0 Å². The van der Waals surface area contributed by atoms with E-state index in [0.29, 0.717) is 47.6 Å². The molecule has 0 spiro atoms. The van der Waals surface area contributed by atoms with E-state index in [-0.39, 0.29) is 37.1 Å². The van der Waals surface area contributed by atoms with Gasteiger partial charge < -0.3 is 0 Å². The molecule has 0 unspecified atom stereocenters. The van der Waals surface area contributed by atoms with Crippen molar-refractivity contribution in [2.45, 2.75) is 229 Å². The molecule has 0 heterocycles. The largest absolute Gasteiger partial charge is 0.0776 e. The number of hydrogen-bond donors (Lipinski definition) is 0. The van der Waals surface area contributed by atoms with E-state index in [1.165, 1.54) is 82.0 Å². The van der Waals surface area contributed by atoms with Crippen LogP contribution in [0, 0.1) is 29.6 Å². The van der Waals surface area contributed by atoms with Crippen molar-refractivity contribution in [2.75, 3.05) is 0 Å². The molecule has 0 aromatic carbocycles. The van der Waals surface area contributed by atoms with Gasteiger partial charge in [-0.15, -0.1) is 0 Å². The Labute approximate surface area is 304 Å². The molecule has 0 aromatic heterocycles. The fourth-order valence-electron chi connectivity index (χ4n) is 7.66. The molecule has 0 atom stereocenters. The Morgan fingerprint density at radius 2 is 0.444 bits per heavy atom. The normalized spacial score (nSPS) is 21.0. The van der Waals surface area contributed by atoms with Gasteiger partial charge in [-0.1, -0.05) is 229 Å². The second kappa shape index (κ2) is 41.3. The van der Waals surface area contributed by atoms with Gasteiger partial charge in [-0.3, -0.25) is 0 Å².